The summed E-state index contributed by atoms with van der Waals surface area (Å²) in [4.78, 5) is 0. The number of hydrogen-bond donors (Lipinski definition) is 0. The summed E-state index contributed by atoms with van der Waals surface area (Å²) in [5.41, 5.74) is 12.5. The molecule has 13 heavy (non-hydrogen) atoms. The van der Waals surface area contributed by atoms with Gasteiger partial charge < -0.3 is 58.8 Å². The van der Waals surface area contributed by atoms with Crippen molar-refractivity contribution in [2.75, 3.05) is 13.1 Å². The van der Waals surface area contributed by atoms with E-state index in [1.807, 2.05) is 0 Å². The molecule has 0 aromatic carbocycles. The summed E-state index contributed by atoms with van der Waals surface area (Å²) in [5.74, 6) is 0. The Labute approximate surface area is 89.4 Å². The van der Waals surface area contributed by atoms with Crippen molar-refractivity contribution in [1.82, 2.24) is 0 Å². The standard InChI is InChI=1S/C2H6N2.4CN.Fe/c3-1-2-4;4*1-2;/h3-4H,1-2H2;;;;;/q-2;4*-1;+6. The Morgan fingerprint density at radius 2 is 0.692 bits per heavy atom. The van der Waals surface area contributed by atoms with Gasteiger partial charge in [-0.2, -0.15) is 13.1 Å². The van der Waals surface area contributed by atoms with Gasteiger partial charge in [-0.05, 0) is 0 Å². The van der Waals surface area contributed by atoms with Crippen LogP contribution in [0.2, 0.25) is 0 Å². The first-order valence-corrected chi connectivity index (χ1v) is 2.10. The summed E-state index contributed by atoms with van der Waals surface area (Å²) in [5, 5.41) is 25.0. The average Bonchev–Trinajstić information content (AvgIpc) is 2.29. The Kier molecular flexibility index (Phi) is 18700. The maximum absolute atomic E-state index is 6.26. The van der Waals surface area contributed by atoms with Gasteiger partial charge in [-0.3, -0.25) is 0 Å². The van der Waals surface area contributed by atoms with Crippen LogP contribution in [0, 0.1) is 47.3 Å². The Hall–Kier alpha value is -1.60. The third-order valence-corrected chi connectivity index (χ3v) is 0.125. The number of nitrogens with zero attached hydrogens (tertiary/aromatic N) is 4. The third-order valence-electron chi connectivity index (χ3n) is 0.125. The van der Waals surface area contributed by atoms with Gasteiger partial charge in [-0.15, -0.1) is 0 Å². The summed E-state index contributed by atoms with van der Waals surface area (Å²) in [6.45, 7) is 19.5. The molecule has 0 aliphatic rings. The van der Waals surface area contributed by atoms with E-state index in [9.17, 15) is 0 Å². The van der Waals surface area contributed by atoms with Crippen molar-refractivity contribution in [2.24, 2.45) is 0 Å². The molecule has 6 nitrogen and oxygen atoms in total. The zero-order valence-corrected chi connectivity index (χ0v) is 7.66. The SMILES string of the molecule is [C-]#N.[C-]#N.[C-]#N.[C-]#N.[Fe+6].[NH-]CC[NH-]. The fraction of sp³-hybridized carbons (Fsp3) is 0.333. The molecule has 0 saturated carbocycles. The van der Waals surface area contributed by atoms with Crippen molar-refractivity contribution in [3.05, 3.63) is 37.8 Å². The van der Waals surface area contributed by atoms with Crippen LogP contribution in [-0.2, 0) is 17.1 Å². The van der Waals surface area contributed by atoms with E-state index in [1.54, 1.807) is 0 Å². The summed E-state index contributed by atoms with van der Waals surface area (Å²) in [6, 6.07) is 0. The van der Waals surface area contributed by atoms with Gasteiger partial charge in [-0.25, -0.2) is 0 Å². The minimum atomic E-state index is 0. The van der Waals surface area contributed by atoms with Crippen LogP contribution in [-0.4, -0.2) is 13.1 Å². The Morgan fingerprint density at radius 3 is 0.692 bits per heavy atom. The number of rotatable bonds is 1. The number of hydrogen-bond acceptors (Lipinski definition) is 4. The average molecular weight is 218 g/mol. The smallest absolute Gasteiger partial charge is 0.679 e. The van der Waals surface area contributed by atoms with Crippen LogP contribution in [0.3, 0.4) is 0 Å². The molecule has 0 saturated heterocycles. The predicted octanol–water partition coefficient (Wildman–Crippen LogP) is 1.47. The van der Waals surface area contributed by atoms with Crippen molar-refractivity contribution in [3.8, 4) is 0 Å². The second-order valence-corrected chi connectivity index (χ2v) is 0.500. The molecule has 0 unspecified atom stereocenters. The molecule has 0 rings (SSSR count). The molecule has 0 atom stereocenters. The molecule has 0 heterocycles. The van der Waals surface area contributed by atoms with E-state index >= 15 is 0 Å². The van der Waals surface area contributed by atoms with Gasteiger partial charge in [0.05, 0.1) is 0 Å². The molecule has 0 aromatic heterocycles. The second-order valence-electron chi connectivity index (χ2n) is 0.500. The zero-order chi connectivity index (χ0) is 11.4. The first-order chi connectivity index (χ1) is 5.91. The van der Waals surface area contributed by atoms with Crippen molar-refractivity contribution in [3.63, 3.8) is 0 Å². The van der Waals surface area contributed by atoms with Gasteiger partial charge in [0.2, 0.25) is 0 Å². The van der Waals surface area contributed by atoms with E-state index in [4.69, 9.17) is 58.8 Å². The van der Waals surface area contributed by atoms with E-state index < -0.39 is 0 Å². The molecule has 0 spiro atoms. The minimum Gasteiger partial charge on any atom is -0.679 e. The first kappa shape index (κ1) is 42.3. The zero-order valence-electron chi connectivity index (χ0n) is 6.56. The predicted molar refractivity (Wildman–Crippen MR) is 38.2 cm³/mol. The summed E-state index contributed by atoms with van der Waals surface area (Å²) in [6.07, 6.45) is 0. The van der Waals surface area contributed by atoms with Gasteiger partial charge in [0.15, 0.2) is 0 Å². The van der Waals surface area contributed by atoms with E-state index in [0.29, 0.717) is 0 Å². The molecule has 0 aliphatic carbocycles. The van der Waals surface area contributed by atoms with Crippen LogP contribution in [0.1, 0.15) is 0 Å². The Bertz CT molecular complexity index is 78.7. The maximum Gasteiger partial charge on any atom is 6.00 e. The summed E-state index contributed by atoms with van der Waals surface area (Å²) >= 11 is 0. The van der Waals surface area contributed by atoms with Crippen molar-refractivity contribution < 1.29 is 17.1 Å². The van der Waals surface area contributed by atoms with Gasteiger partial charge in [0, 0.05) is 0 Å². The minimum absolute atomic E-state index is 0. The van der Waals surface area contributed by atoms with Crippen LogP contribution < -0.4 is 0 Å². The van der Waals surface area contributed by atoms with Gasteiger partial charge in [0.1, 0.15) is 0 Å². The van der Waals surface area contributed by atoms with Crippen molar-refractivity contribution in [2.45, 2.75) is 0 Å². The van der Waals surface area contributed by atoms with Gasteiger partial charge in [0.25, 0.3) is 0 Å². The molecular weight excluding hydrogens is 212 g/mol. The summed E-state index contributed by atoms with van der Waals surface area (Å²) < 4.78 is 0. The third kappa shape index (κ3) is 2030. The normalized spacial score (nSPS) is 2.92. The largest absolute Gasteiger partial charge is 6.00 e. The quantitative estimate of drug-likeness (QED) is 0.484. The van der Waals surface area contributed by atoms with Gasteiger partial charge >= 0.3 is 17.1 Å². The second kappa shape index (κ2) is 5760. The van der Waals surface area contributed by atoms with Crippen molar-refractivity contribution >= 4 is 0 Å². The molecule has 0 aliphatic heterocycles. The molecule has 2 N–H and O–H groups in total. The van der Waals surface area contributed by atoms with E-state index in [1.165, 1.54) is 0 Å². The fourth-order valence-corrected chi connectivity index (χ4v) is 0. The molecule has 7 heteroatoms. The number of nitrogens with one attached hydrogen (secondary N) is 2. The Balaban J connectivity index is -0.0000000122. The van der Waals surface area contributed by atoms with Gasteiger partial charge in [-0.1, -0.05) is 0 Å². The van der Waals surface area contributed by atoms with Crippen LogP contribution in [0.4, 0.5) is 0 Å². The molecule has 68 valence electrons. The van der Waals surface area contributed by atoms with E-state index in [2.05, 4.69) is 0 Å². The van der Waals surface area contributed by atoms with E-state index in [0.717, 1.165) is 0 Å². The van der Waals surface area contributed by atoms with Crippen LogP contribution in [0.15, 0.2) is 0 Å². The molecule has 0 bridgehead atoms. The van der Waals surface area contributed by atoms with Crippen LogP contribution >= 0.6 is 0 Å². The summed E-state index contributed by atoms with van der Waals surface area (Å²) in [7, 11) is 0. The molecular formula is C6H6FeN6. The molecule has 0 amide bonds. The molecule has 0 fully saturated rings. The van der Waals surface area contributed by atoms with Crippen molar-refractivity contribution in [1.29, 1.82) is 21.0 Å². The topological polar surface area (TPSA) is 143 Å². The fourth-order valence-electron chi connectivity index (χ4n) is 0. The van der Waals surface area contributed by atoms with Crippen LogP contribution in [0.5, 0.6) is 0 Å². The van der Waals surface area contributed by atoms with Crippen LogP contribution in [0.25, 0.3) is 11.5 Å². The molecule has 0 aromatic rings. The molecule has 0 radical (unpaired) electrons. The van der Waals surface area contributed by atoms with E-state index in [-0.39, 0.29) is 30.2 Å². The maximum atomic E-state index is 6.26. The first-order valence-electron chi connectivity index (χ1n) is 2.10. The Morgan fingerprint density at radius 1 is 0.615 bits per heavy atom. The monoisotopic (exact) mass is 218 g/mol.